The molecule has 1 saturated heterocycles. The summed E-state index contributed by atoms with van der Waals surface area (Å²) in [6.45, 7) is 9.78. The van der Waals surface area contributed by atoms with E-state index in [1.165, 1.54) is 6.26 Å². The van der Waals surface area contributed by atoms with E-state index in [0.717, 1.165) is 25.9 Å². The fourth-order valence-electron chi connectivity index (χ4n) is 3.65. The van der Waals surface area contributed by atoms with Gasteiger partial charge >= 0.3 is 0 Å². The van der Waals surface area contributed by atoms with Crippen LogP contribution in [0.25, 0.3) is 0 Å². The van der Waals surface area contributed by atoms with Gasteiger partial charge in [0.25, 0.3) is 5.91 Å². The molecule has 140 valence electrons. The van der Waals surface area contributed by atoms with E-state index in [-0.39, 0.29) is 29.3 Å². The number of aryl methyl sites for hydroxylation is 1. The van der Waals surface area contributed by atoms with Crippen LogP contribution in [0.5, 0.6) is 0 Å². The van der Waals surface area contributed by atoms with Gasteiger partial charge in [0.15, 0.2) is 0 Å². The standard InChI is InChI=1S/C19H31N3O3/c1-13(18(24)21(5)6)22-9-7-15(11-19(3,4)12-22)20-17(23)16-8-10-25-14(16)2/h8,10,13,15H,7,9,11-12H2,1-6H3,(H,20,23). The van der Waals surface area contributed by atoms with Crippen LogP contribution < -0.4 is 5.32 Å². The highest BCUT2D eigenvalue weighted by molar-refractivity contribution is 5.95. The monoisotopic (exact) mass is 349 g/mol. The first-order chi connectivity index (χ1) is 11.6. The molecule has 0 aromatic carbocycles. The molecule has 2 unspecified atom stereocenters. The molecule has 1 aromatic rings. The molecule has 0 aliphatic carbocycles. The zero-order valence-electron chi connectivity index (χ0n) is 16.3. The molecule has 1 aromatic heterocycles. The van der Waals surface area contributed by atoms with Gasteiger partial charge in [-0.15, -0.1) is 0 Å². The average molecular weight is 349 g/mol. The molecular weight excluding hydrogens is 318 g/mol. The summed E-state index contributed by atoms with van der Waals surface area (Å²) in [7, 11) is 3.58. The first-order valence-electron chi connectivity index (χ1n) is 8.91. The molecule has 1 N–H and O–H groups in total. The minimum absolute atomic E-state index is 0.0146. The first kappa shape index (κ1) is 19.5. The van der Waals surface area contributed by atoms with E-state index < -0.39 is 0 Å². The number of amides is 2. The highest BCUT2D eigenvalue weighted by Gasteiger charge is 2.34. The molecule has 25 heavy (non-hydrogen) atoms. The predicted octanol–water partition coefficient (Wildman–Crippen LogP) is 2.29. The molecule has 2 amide bonds. The SMILES string of the molecule is Cc1occc1C(=O)NC1CCN(C(C)C(=O)N(C)C)CC(C)(C)C1. The highest BCUT2D eigenvalue weighted by atomic mass is 16.3. The summed E-state index contributed by atoms with van der Waals surface area (Å²) in [6, 6.07) is 1.64. The minimum Gasteiger partial charge on any atom is -0.469 e. The molecule has 1 fully saturated rings. The molecule has 1 aliphatic rings. The smallest absolute Gasteiger partial charge is 0.255 e. The highest BCUT2D eigenvalue weighted by Crippen LogP contribution is 2.30. The van der Waals surface area contributed by atoms with Crippen LogP contribution in [0, 0.1) is 12.3 Å². The fraction of sp³-hybridized carbons (Fsp3) is 0.684. The number of nitrogens with one attached hydrogen (secondary N) is 1. The van der Waals surface area contributed by atoms with Crippen molar-refractivity contribution in [2.24, 2.45) is 5.41 Å². The van der Waals surface area contributed by atoms with Gasteiger partial charge in [0.05, 0.1) is 17.9 Å². The maximum Gasteiger partial charge on any atom is 0.255 e. The number of carbonyl (C=O) groups excluding carboxylic acids is 2. The van der Waals surface area contributed by atoms with Crippen molar-refractivity contribution in [2.45, 2.75) is 52.6 Å². The van der Waals surface area contributed by atoms with Gasteiger partial charge in [0.1, 0.15) is 5.76 Å². The van der Waals surface area contributed by atoms with Crippen molar-refractivity contribution in [1.82, 2.24) is 15.1 Å². The number of nitrogens with zero attached hydrogens (tertiary/aromatic N) is 2. The normalized spacial score (nSPS) is 22.1. The quantitative estimate of drug-likeness (QED) is 0.906. The summed E-state index contributed by atoms with van der Waals surface area (Å²) in [5.74, 6) is 0.669. The second-order valence-corrected chi connectivity index (χ2v) is 8.10. The molecule has 2 rings (SSSR count). The van der Waals surface area contributed by atoms with Gasteiger partial charge in [-0.2, -0.15) is 0 Å². The van der Waals surface area contributed by atoms with Crippen LogP contribution in [0.15, 0.2) is 16.7 Å². The van der Waals surface area contributed by atoms with Crippen molar-refractivity contribution in [3.63, 3.8) is 0 Å². The van der Waals surface area contributed by atoms with Gasteiger partial charge in [0, 0.05) is 33.2 Å². The predicted molar refractivity (Wildman–Crippen MR) is 97.4 cm³/mol. The number of furan rings is 1. The van der Waals surface area contributed by atoms with Crippen LogP contribution in [-0.4, -0.2) is 60.9 Å². The summed E-state index contributed by atoms with van der Waals surface area (Å²) >= 11 is 0. The maximum atomic E-state index is 12.5. The van der Waals surface area contributed by atoms with E-state index in [2.05, 4.69) is 24.1 Å². The summed E-state index contributed by atoms with van der Waals surface area (Å²) in [4.78, 5) is 28.7. The zero-order valence-corrected chi connectivity index (χ0v) is 16.3. The van der Waals surface area contributed by atoms with E-state index in [4.69, 9.17) is 4.42 Å². The zero-order chi connectivity index (χ0) is 18.8. The van der Waals surface area contributed by atoms with Gasteiger partial charge in [-0.05, 0) is 38.2 Å². The Bertz CT molecular complexity index is 621. The summed E-state index contributed by atoms with van der Waals surface area (Å²) < 4.78 is 5.23. The van der Waals surface area contributed by atoms with E-state index in [9.17, 15) is 9.59 Å². The molecule has 2 heterocycles. The summed E-state index contributed by atoms with van der Waals surface area (Å²) in [5, 5.41) is 3.15. The molecule has 0 bridgehead atoms. The van der Waals surface area contributed by atoms with Crippen LogP contribution in [0.4, 0.5) is 0 Å². The van der Waals surface area contributed by atoms with Gasteiger partial charge in [-0.1, -0.05) is 13.8 Å². The molecular formula is C19H31N3O3. The molecule has 6 nitrogen and oxygen atoms in total. The molecule has 2 atom stereocenters. The number of rotatable bonds is 4. The van der Waals surface area contributed by atoms with Gasteiger partial charge < -0.3 is 14.6 Å². The van der Waals surface area contributed by atoms with E-state index in [1.807, 2.05) is 6.92 Å². The lowest BCUT2D eigenvalue weighted by Crippen LogP contribution is -2.47. The summed E-state index contributed by atoms with van der Waals surface area (Å²) in [5.41, 5.74) is 0.607. The van der Waals surface area contributed by atoms with E-state index in [0.29, 0.717) is 11.3 Å². The van der Waals surface area contributed by atoms with Gasteiger partial charge in [0.2, 0.25) is 5.91 Å². The van der Waals surface area contributed by atoms with Crippen molar-refractivity contribution in [1.29, 1.82) is 0 Å². The Kier molecular flexibility index (Phi) is 5.93. The third-order valence-corrected chi connectivity index (χ3v) is 4.98. The van der Waals surface area contributed by atoms with Gasteiger partial charge in [-0.3, -0.25) is 14.5 Å². The fourth-order valence-corrected chi connectivity index (χ4v) is 3.65. The Morgan fingerprint density at radius 2 is 2.08 bits per heavy atom. The number of likely N-dealkylation sites (tertiary alicyclic amines) is 1. The molecule has 0 spiro atoms. The molecule has 0 saturated carbocycles. The molecule has 1 aliphatic heterocycles. The second kappa shape index (κ2) is 7.60. The van der Waals surface area contributed by atoms with Crippen molar-refractivity contribution >= 4 is 11.8 Å². The topological polar surface area (TPSA) is 65.8 Å². The first-order valence-corrected chi connectivity index (χ1v) is 8.91. The lowest BCUT2D eigenvalue weighted by atomic mass is 9.85. The van der Waals surface area contributed by atoms with Gasteiger partial charge in [-0.25, -0.2) is 0 Å². The van der Waals surface area contributed by atoms with Crippen molar-refractivity contribution in [3.8, 4) is 0 Å². The number of likely N-dealkylation sites (N-methyl/N-ethyl adjacent to an activating group) is 1. The maximum absolute atomic E-state index is 12.5. The van der Waals surface area contributed by atoms with Crippen LogP contribution in [0.3, 0.4) is 0 Å². The largest absolute Gasteiger partial charge is 0.469 e. The van der Waals surface area contributed by atoms with Crippen molar-refractivity contribution < 1.29 is 14.0 Å². The number of carbonyl (C=O) groups is 2. The number of hydrogen-bond donors (Lipinski definition) is 1. The van der Waals surface area contributed by atoms with Crippen LogP contribution in [0.1, 0.15) is 49.7 Å². The second-order valence-electron chi connectivity index (χ2n) is 8.10. The molecule has 0 radical (unpaired) electrons. The third kappa shape index (κ3) is 4.84. The lowest BCUT2D eigenvalue weighted by Gasteiger charge is -2.34. The minimum atomic E-state index is -0.153. The lowest BCUT2D eigenvalue weighted by molar-refractivity contribution is -0.134. The Hall–Kier alpha value is -1.82. The van der Waals surface area contributed by atoms with Crippen LogP contribution in [0.2, 0.25) is 0 Å². The van der Waals surface area contributed by atoms with Crippen LogP contribution >= 0.6 is 0 Å². The van der Waals surface area contributed by atoms with Crippen molar-refractivity contribution in [3.05, 3.63) is 23.7 Å². The Morgan fingerprint density at radius 3 is 2.64 bits per heavy atom. The number of hydrogen-bond acceptors (Lipinski definition) is 4. The third-order valence-electron chi connectivity index (χ3n) is 4.98. The Morgan fingerprint density at radius 1 is 1.40 bits per heavy atom. The summed E-state index contributed by atoms with van der Waals surface area (Å²) in [6.07, 6.45) is 3.25. The van der Waals surface area contributed by atoms with Crippen LogP contribution in [-0.2, 0) is 4.79 Å². The Balaban J connectivity index is 2.06. The Labute approximate surface area is 150 Å². The average Bonchev–Trinajstić information content (AvgIpc) is 2.88. The van der Waals surface area contributed by atoms with E-state index >= 15 is 0 Å². The van der Waals surface area contributed by atoms with E-state index in [1.54, 1.807) is 32.0 Å². The van der Waals surface area contributed by atoms with Crippen molar-refractivity contribution in [2.75, 3.05) is 27.2 Å². The molecule has 6 heteroatoms.